The van der Waals surface area contributed by atoms with Crippen LogP contribution in [0.25, 0.3) is 0 Å². The van der Waals surface area contributed by atoms with E-state index >= 15 is 0 Å². The van der Waals surface area contributed by atoms with E-state index in [4.69, 9.17) is 0 Å². The summed E-state index contributed by atoms with van der Waals surface area (Å²) in [6.45, 7) is 6.90. The molecule has 1 aromatic rings. The zero-order valence-corrected chi connectivity index (χ0v) is 13.1. The second kappa shape index (κ2) is 7.23. The van der Waals surface area contributed by atoms with Gasteiger partial charge >= 0.3 is 0 Å². The standard InChI is InChI=1S/C17H27FN2O/c1-3-11-19-17(13-21,14-5-6-14)12-20(4-2)16-9-7-15(18)8-10-16/h7-10,14,19,21H,3-6,11-13H2,1-2H3. The van der Waals surface area contributed by atoms with Crippen molar-refractivity contribution in [1.29, 1.82) is 0 Å². The van der Waals surface area contributed by atoms with Gasteiger partial charge in [0, 0.05) is 18.8 Å². The van der Waals surface area contributed by atoms with Crippen LogP contribution in [0.5, 0.6) is 0 Å². The molecule has 0 radical (unpaired) electrons. The molecule has 21 heavy (non-hydrogen) atoms. The summed E-state index contributed by atoms with van der Waals surface area (Å²) in [4.78, 5) is 2.22. The third-order valence-corrected chi connectivity index (χ3v) is 4.41. The lowest BCUT2D eigenvalue weighted by Gasteiger charge is -2.39. The molecule has 0 heterocycles. The van der Waals surface area contributed by atoms with E-state index in [0.717, 1.165) is 31.7 Å². The van der Waals surface area contributed by atoms with E-state index in [2.05, 4.69) is 24.1 Å². The van der Waals surface area contributed by atoms with Gasteiger partial charge in [-0.15, -0.1) is 0 Å². The number of anilines is 1. The number of aliphatic hydroxyl groups is 1. The van der Waals surface area contributed by atoms with Crippen LogP contribution in [-0.4, -0.2) is 36.9 Å². The van der Waals surface area contributed by atoms with Crippen molar-refractivity contribution in [3.8, 4) is 0 Å². The van der Waals surface area contributed by atoms with Gasteiger partial charge in [-0.2, -0.15) is 0 Å². The van der Waals surface area contributed by atoms with Crippen LogP contribution >= 0.6 is 0 Å². The van der Waals surface area contributed by atoms with Crippen molar-refractivity contribution in [2.45, 2.75) is 38.6 Å². The van der Waals surface area contributed by atoms with Crippen LogP contribution < -0.4 is 10.2 Å². The van der Waals surface area contributed by atoms with E-state index in [9.17, 15) is 9.50 Å². The lowest BCUT2D eigenvalue weighted by Crippen LogP contribution is -2.58. The SMILES string of the molecule is CCCNC(CO)(CN(CC)c1ccc(F)cc1)C1CC1. The van der Waals surface area contributed by atoms with Crippen molar-refractivity contribution < 1.29 is 9.50 Å². The molecule has 1 aromatic carbocycles. The Kier molecular flexibility index (Phi) is 5.59. The molecule has 0 saturated heterocycles. The molecule has 1 fully saturated rings. The number of rotatable bonds is 9. The Morgan fingerprint density at radius 3 is 2.43 bits per heavy atom. The Balaban J connectivity index is 2.14. The molecule has 2 rings (SSSR count). The number of hydrogen-bond acceptors (Lipinski definition) is 3. The van der Waals surface area contributed by atoms with Gasteiger partial charge in [-0.3, -0.25) is 0 Å². The average Bonchev–Trinajstić information content (AvgIpc) is 3.34. The molecule has 0 aliphatic heterocycles. The average molecular weight is 294 g/mol. The molecule has 3 nitrogen and oxygen atoms in total. The highest BCUT2D eigenvalue weighted by molar-refractivity contribution is 5.47. The zero-order valence-electron chi connectivity index (χ0n) is 13.1. The maximum Gasteiger partial charge on any atom is 0.123 e. The minimum atomic E-state index is -0.236. The maximum atomic E-state index is 13.1. The zero-order chi connectivity index (χ0) is 15.3. The van der Waals surface area contributed by atoms with Crippen LogP contribution in [0.2, 0.25) is 0 Å². The number of nitrogens with zero attached hydrogens (tertiary/aromatic N) is 1. The fourth-order valence-electron chi connectivity index (χ4n) is 2.95. The number of benzene rings is 1. The van der Waals surface area contributed by atoms with Gasteiger partial charge < -0.3 is 15.3 Å². The number of aliphatic hydroxyl groups excluding tert-OH is 1. The molecule has 0 spiro atoms. The Labute approximate surface area is 127 Å². The fraction of sp³-hybridized carbons (Fsp3) is 0.647. The number of likely N-dealkylation sites (N-methyl/N-ethyl adjacent to an activating group) is 1. The first-order chi connectivity index (χ1) is 10.1. The summed E-state index contributed by atoms with van der Waals surface area (Å²) in [5.74, 6) is 0.332. The lowest BCUT2D eigenvalue weighted by atomic mass is 9.92. The molecule has 0 amide bonds. The summed E-state index contributed by atoms with van der Waals surface area (Å²) in [6.07, 6.45) is 3.41. The smallest absolute Gasteiger partial charge is 0.123 e. The molecule has 1 unspecified atom stereocenters. The highest BCUT2D eigenvalue weighted by Gasteiger charge is 2.45. The van der Waals surface area contributed by atoms with Crippen molar-refractivity contribution in [2.24, 2.45) is 5.92 Å². The first-order valence-electron chi connectivity index (χ1n) is 8.01. The molecule has 4 heteroatoms. The molecule has 1 aliphatic rings. The van der Waals surface area contributed by atoms with Gasteiger partial charge in [-0.1, -0.05) is 6.92 Å². The third kappa shape index (κ3) is 3.95. The topological polar surface area (TPSA) is 35.5 Å². The second-order valence-electron chi connectivity index (χ2n) is 6.01. The van der Waals surface area contributed by atoms with Gasteiger partial charge in [0.1, 0.15) is 5.82 Å². The number of nitrogens with one attached hydrogen (secondary N) is 1. The fourth-order valence-corrected chi connectivity index (χ4v) is 2.95. The number of hydrogen-bond donors (Lipinski definition) is 2. The van der Waals surface area contributed by atoms with E-state index < -0.39 is 0 Å². The first kappa shape index (κ1) is 16.2. The third-order valence-electron chi connectivity index (χ3n) is 4.41. The van der Waals surface area contributed by atoms with Crippen LogP contribution in [0.15, 0.2) is 24.3 Å². The van der Waals surface area contributed by atoms with E-state index in [-0.39, 0.29) is 18.0 Å². The van der Waals surface area contributed by atoms with Gasteiger partial charge in [0.25, 0.3) is 0 Å². The van der Waals surface area contributed by atoms with E-state index in [1.807, 2.05) is 12.1 Å². The molecule has 0 bridgehead atoms. The Morgan fingerprint density at radius 1 is 1.29 bits per heavy atom. The van der Waals surface area contributed by atoms with Crippen molar-refractivity contribution in [3.05, 3.63) is 30.1 Å². The summed E-state index contributed by atoms with van der Waals surface area (Å²) in [7, 11) is 0. The van der Waals surface area contributed by atoms with E-state index in [1.165, 1.54) is 25.0 Å². The Morgan fingerprint density at radius 2 is 1.95 bits per heavy atom. The quantitative estimate of drug-likeness (QED) is 0.735. The highest BCUT2D eigenvalue weighted by atomic mass is 19.1. The molecule has 1 atom stereocenters. The van der Waals surface area contributed by atoms with Gasteiger partial charge in [0.05, 0.1) is 12.1 Å². The summed E-state index contributed by atoms with van der Waals surface area (Å²) in [5, 5.41) is 13.6. The van der Waals surface area contributed by atoms with Gasteiger partial charge in [-0.05, 0) is 62.9 Å². The van der Waals surface area contributed by atoms with E-state index in [0.29, 0.717) is 5.92 Å². The van der Waals surface area contributed by atoms with Crippen molar-refractivity contribution in [3.63, 3.8) is 0 Å². The number of halogens is 1. The first-order valence-corrected chi connectivity index (χ1v) is 8.01. The lowest BCUT2D eigenvalue weighted by molar-refractivity contribution is 0.144. The highest BCUT2D eigenvalue weighted by Crippen LogP contribution is 2.40. The molecule has 0 aromatic heterocycles. The predicted molar refractivity (Wildman–Crippen MR) is 85.1 cm³/mol. The van der Waals surface area contributed by atoms with Crippen LogP contribution in [0.3, 0.4) is 0 Å². The minimum Gasteiger partial charge on any atom is -0.394 e. The van der Waals surface area contributed by atoms with Crippen LogP contribution in [0.1, 0.15) is 33.1 Å². The largest absolute Gasteiger partial charge is 0.394 e. The second-order valence-corrected chi connectivity index (χ2v) is 6.01. The monoisotopic (exact) mass is 294 g/mol. The summed E-state index contributed by atoms with van der Waals surface area (Å²) >= 11 is 0. The molecule has 118 valence electrons. The molecular weight excluding hydrogens is 267 g/mol. The van der Waals surface area contributed by atoms with Crippen molar-refractivity contribution in [1.82, 2.24) is 5.32 Å². The van der Waals surface area contributed by atoms with Crippen LogP contribution in [0.4, 0.5) is 10.1 Å². The molecule has 1 aliphatic carbocycles. The van der Waals surface area contributed by atoms with E-state index in [1.54, 1.807) is 0 Å². The summed E-state index contributed by atoms with van der Waals surface area (Å²) in [6, 6.07) is 6.62. The minimum absolute atomic E-state index is 0.148. The van der Waals surface area contributed by atoms with Gasteiger partial charge in [0.2, 0.25) is 0 Å². The molecular formula is C17H27FN2O. The van der Waals surface area contributed by atoms with Crippen LogP contribution in [0, 0.1) is 11.7 Å². The predicted octanol–water partition coefficient (Wildman–Crippen LogP) is 2.79. The summed E-state index contributed by atoms with van der Waals surface area (Å²) in [5.41, 5.74) is 0.774. The maximum absolute atomic E-state index is 13.1. The Hall–Kier alpha value is -1.13. The normalized spacial score (nSPS) is 17.5. The van der Waals surface area contributed by atoms with Gasteiger partial charge in [0.15, 0.2) is 0 Å². The molecule has 1 saturated carbocycles. The Bertz CT molecular complexity index is 433. The molecule has 2 N–H and O–H groups in total. The summed E-state index contributed by atoms with van der Waals surface area (Å²) < 4.78 is 13.1. The van der Waals surface area contributed by atoms with Gasteiger partial charge in [-0.25, -0.2) is 4.39 Å². The van der Waals surface area contributed by atoms with Crippen LogP contribution in [-0.2, 0) is 0 Å². The van der Waals surface area contributed by atoms with Crippen molar-refractivity contribution in [2.75, 3.05) is 31.1 Å². The van der Waals surface area contributed by atoms with Crippen molar-refractivity contribution >= 4 is 5.69 Å².